The van der Waals surface area contributed by atoms with Gasteiger partial charge in [0.1, 0.15) is 4.58 Å². The molecule has 2 atom stereocenters. The number of allylic oxidation sites excluding steroid dienone is 4. The van der Waals surface area contributed by atoms with Crippen molar-refractivity contribution < 1.29 is 8.42 Å². The van der Waals surface area contributed by atoms with Crippen molar-refractivity contribution in [2.75, 3.05) is 6.26 Å². The van der Waals surface area contributed by atoms with Crippen LogP contribution in [0.1, 0.15) is 19.8 Å². The van der Waals surface area contributed by atoms with Crippen LogP contribution < -0.4 is 0 Å². The van der Waals surface area contributed by atoms with Crippen molar-refractivity contribution in [3.8, 4) is 0 Å². The van der Waals surface area contributed by atoms with Crippen LogP contribution in [0.2, 0.25) is 0 Å². The van der Waals surface area contributed by atoms with Gasteiger partial charge in [0.05, 0.1) is 0 Å². The van der Waals surface area contributed by atoms with E-state index < -0.39 is 9.84 Å². The maximum Gasteiger partial charge on any atom is 0.160 e. The fourth-order valence-corrected chi connectivity index (χ4v) is 5.17. The minimum atomic E-state index is -2.94. The number of rotatable bonds is 1. The first kappa shape index (κ1) is 10.3. The van der Waals surface area contributed by atoms with Gasteiger partial charge in [-0.2, -0.15) is 0 Å². The van der Waals surface area contributed by atoms with Crippen molar-refractivity contribution in [2.24, 2.45) is 5.92 Å². The normalized spacial score (nSPS) is 32.1. The van der Waals surface area contributed by atoms with Crippen molar-refractivity contribution in [3.05, 3.63) is 22.6 Å². The Labute approximate surface area is 89.4 Å². The number of sulfone groups is 1. The van der Waals surface area contributed by atoms with E-state index in [1.807, 2.05) is 6.92 Å². The predicted molar refractivity (Wildman–Crippen MR) is 60.8 cm³/mol. The summed E-state index contributed by atoms with van der Waals surface area (Å²) in [4.78, 5) is 1.22. The summed E-state index contributed by atoms with van der Waals surface area (Å²) >= 11 is 1.52. The summed E-state index contributed by atoms with van der Waals surface area (Å²) in [5.41, 5.74) is 1.34. The van der Waals surface area contributed by atoms with E-state index in [1.54, 1.807) is 0 Å². The first-order valence-corrected chi connectivity index (χ1v) is 7.55. The monoisotopic (exact) mass is 230 g/mol. The molecule has 0 saturated carbocycles. The number of fused-ring (bicyclic) bond motifs is 1. The fraction of sp³-hybridized carbons (Fsp3) is 0.600. The Morgan fingerprint density at radius 2 is 2.21 bits per heavy atom. The van der Waals surface area contributed by atoms with Gasteiger partial charge >= 0.3 is 0 Å². The molecule has 0 amide bonds. The first-order valence-electron chi connectivity index (χ1n) is 4.72. The Hall–Kier alpha value is -0.220. The molecule has 2 aliphatic rings. The molecule has 0 radical (unpaired) electrons. The molecule has 2 rings (SSSR count). The van der Waals surface area contributed by atoms with Crippen molar-refractivity contribution in [1.29, 1.82) is 0 Å². The lowest BCUT2D eigenvalue weighted by atomic mass is 9.91. The fourth-order valence-electron chi connectivity index (χ4n) is 2.11. The van der Waals surface area contributed by atoms with Crippen molar-refractivity contribution in [1.82, 2.24) is 0 Å². The summed E-state index contributed by atoms with van der Waals surface area (Å²) in [7, 11) is -2.94. The average molecular weight is 230 g/mol. The second-order valence-electron chi connectivity index (χ2n) is 3.89. The van der Waals surface area contributed by atoms with E-state index in [4.69, 9.17) is 0 Å². The molecule has 0 aromatic rings. The average Bonchev–Trinajstić information content (AvgIpc) is 2.44. The molecule has 2 unspecified atom stereocenters. The number of hydrogen-bond acceptors (Lipinski definition) is 3. The Balaban J connectivity index is 2.38. The molecule has 1 heterocycles. The minimum absolute atomic E-state index is 0.142. The second-order valence-corrected chi connectivity index (χ2v) is 7.71. The topological polar surface area (TPSA) is 34.1 Å². The molecule has 0 fully saturated rings. The van der Waals surface area contributed by atoms with E-state index in [2.05, 4.69) is 12.2 Å². The van der Waals surface area contributed by atoms with Gasteiger partial charge in [0, 0.05) is 12.2 Å². The second kappa shape index (κ2) is 3.42. The van der Waals surface area contributed by atoms with E-state index in [-0.39, 0.29) is 10.5 Å². The standard InChI is InChI=1S/C10H14O2S2/c1-7-8-5-3-4-6-9(8)10(13-7)14(2,11)12/h4,6,9-10H,3,5H2,1-2H3. The van der Waals surface area contributed by atoms with Crippen molar-refractivity contribution in [2.45, 2.75) is 24.3 Å². The number of thioether (sulfide) groups is 1. The maximum atomic E-state index is 11.6. The van der Waals surface area contributed by atoms with Gasteiger partial charge in [-0.3, -0.25) is 0 Å². The minimum Gasteiger partial charge on any atom is -0.228 e. The third-order valence-electron chi connectivity index (χ3n) is 2.79. The zero-order chi connectivity index (χ0) is 10.3. The molecule has 0 aromatic heterocycles. The van der Waals surface area contributed by atoms with Gasteiger partial charge in [0.2, 0.25) is 0 Å². The number of hydrogen-bond donors (Lipinski definition) is 0. The third-order valence-corrected chi connectivity index (χ3v) is 6.40. The molecule has 4 heteroatoms. The molecular formula is C10H14O2S2. The SMILES string of the molecule is CC1=C2CCC=CC2C(S(C)(=O)=O)S1. The van der Waals surface area contributed by atoms with Gasteiger partial charge in [-0.1, -0.05) is 17.7 Å². The van der Waals surface area contributed by atoms with Crippen molar-refractivity contribution >= 4 is 21.6 Å². The lowest BCUT2D eigenvalue weighted by molar-refractivity contribution is 0.588. The molecule has 0 aromatic carbocycles. The van der Waals surface area contributed by atoms with Crippen LogP contribution >= 0.6 is 11.8 Å². The molecule has 2 nitrogen and oxygen atoms in total. The molecular weight excluding hydrogens is 216 g/mol. The molecule has 1 aliphatic heterocycles. The van der Waals surface area contributed by atoms with Gasteiger partial charge in [-0.05, 0) is 24.7 Å². The molecule has 0 spiro atoms. The summed E-state index contributed by atoms with van der Waals surface area (Å²) in [6, 6.07) is 0. The van der Waals surface area contributed by atoms with E-state index >= 15 is 0 Å². The van der Waals surface area contributed by atoms with E-state index in [1.165, 1.54) is 28.5 Å². The van der Waals surface area contributed by atoms with Crippen LogP contribution in [0, 0.1) is 5.92 Å². The molecule has 0 N–H and O–H groups in total. The summed E-state index contributed by atoms with van der Waals surface area (Å²) in [5.74, 6) is 0.142. The highest BCUT2D eigenvalue weighted by Crippen LogP contribution is 2.48. The summed E-state index contributed by atoms with van der Waals surface area (Å²) < 4.78 is 22.8. The Bertz CT molecular complexity index is 404. The lowest BCUT2D eigenvalue weighted by Gasteiger charge is -2.19. The highest BCUT2D eigenvalue weighted by molar-refractivity contribution is 8.15. The van der Waals surface area contributed by atoms with Crippen LogP contribution in [0.3, 0.4) is 0 Å². The Morgan fingerprint density at radius 3 is 2.86 bits per heavy atom. The zero-order valence-electron chi connectivity index (χ0n) is 8.36. The van der Waals surface area contributed by atoms with Crippen LogP contribution in [0.4, 0.5) is 0 Å². The van der Waals surface area contributed by atoms with Gasteiger partial charge in [-0.15, -0.1) is 11.8 Å². The first-order chi connectivity index (χ1) is 6.50. The predicted octanol–water partition coefficient (Wildman–Crippen LogP) is 2.34. The molecule has 0 bridgehead atoms. The zero-order valence-corrected chi connectivity index (χ0v) is 9.99. The molecule has 14 heavy (non-hydrogen) atoms. The van der Waals surface area contributed by atoms with Crippen LogP contribution in [0.15, 0.2) is 22.6 Å². The van der Waals surface area contributed by atoms with E-state index in [0.717, 1.165) is 12.8 Å². The summed E-state index contributed by atoms with van der Waals surface area (Å²) in [5, 5.41) is 0. The summed E-state index contributed by atoms with van der Waals surface area (Å²) in [6.45, 7) is 2.04. The van der Waals surface area contributed by atoms with Gasteiger partial charge < -0.3 is 0 Å². The quantitative estimate of drug-likeness (QED) is 0.648. The van der Waals surface area contributed by atoms with Crippen molar-refractivity contribution in [3.63, 3.8) is 0 Å². The Morgan fingerprint density at radius 1 is 1.50 bits per heavy atom. The van der Waals surface area contributed by atoms with Gasteiger partial charge in [0.25, 0.3) is 0 Å². The largest absolute Gasteiger partial charge is 0.228 e. The van der Waals surface area contributed by atoms with E-state index in [0.29, 0.717) is 0 Å². The maximum absolute atomic E-state index is 11.6. The van der Waals surface area contributed by atoms with Crippen LogP contribution in [-0.4, -0.2) is 19.3 Å². The van der Waals surface area contributed by atoms with Crippen LogP contribution in [0.25, 0.3) is 0 Å². The Kier molecular flexibility index (Phi) is 2.52. The van der Waals surface area contributed by atoms with Crippen LogP contribution in [0.5, 0.6) is 0 Å². The van der Waals surface area contributed by atoms with Crippen LogP contribution in [-0.2, 0) is 9.84 Å². The lowest BCUT2D eigenvalue weighted by Crippen LogP contribution is -2.23. The highest BCUT2D eigenvalue weighted by atomic mass is 32.3. The third kappa shape index (κ3) is 1.65. The smallest absolute Gasteiger partial charge is 0.160 e. The molecule has 78 valence electrons. The van der Waals surface area contributed by atoms with Gasteiger partial charge in [-0.25, -0.2) is 8.42 Å². The van der Waals surface area contributed by atoms with E-state index in [9.17, 15) is 8.42 Å². The highest BCUT2D eigenvalue weighted by Gasteiger charge is 2.38. The molecule has 1 aliphatic carbocycles. The molecule has 0 saturated heterocycles. The summed E-state index contributed by atoms with van der Waals surface area (Å²) in [6.07, 6.45) is 7.59. The van der Waals surface area contributed by atoms with Gasteiger partial charge in [0.15, 0.2) is 9.84 Å².